The van der Waals surface area contributed by atoms with Gasteiger partial charge in [0.25, 0.3) is 0 Å². The molecule has 24 heavy (non-hydrogen) atoms. The average Bonchev–Trinajstić information content (AvgIpc) is 3.01. The van der Waals surface area contributed by atoms with Gasteiger partial charge >= 0.3 is 0 Å². The molecule has 0 aliphatic carbocycles. The molecular weight excluding hydrogens is 372 g/mol. The van der Waals surface area contributed by atoms with Gasteiger partial charge in [0.05, 0.1) is 11.7 Å². The van der Waals surface area contributed by atoms with Crippen molar-refractivity contribution in [1.82, 2.24) is 9.78 Å². The number of hydrogen-bond donors (Lipinski definition) is 2. The number of halogens is 1. The predicted octanol–water partition coefficient (Wildman–Crippen LogP) is 2.98. The van der Waals surface area contributed by atoms with Crippen LogP contribution in [0.1, 0.15) is 38.3 Å². The maximum atomic E-state index is 12.9. The molecule has 0 unspecified atom stereocenters. The van der Waals surface area contributed by atoms with Crippen LogP contribution in [0.25, 0.3) is 0 Å². The number of anilines is 2. The molecule has 0 fully saturated rings. The Bertz CT molecular complexity index is 896. The van der Waals surface area contributed by atoms with E-state index in [0.29, 0.717) is 5.82 Å². The monoisotopic (exact) mass is 388 g/mol. The first-order chi connectivity index (χ1) is 11.2. The lowest BCUT2D eigenvalue weighted by Gasteiger charge is -2.33. The van der Waals surface area contributed by atoms with E-state index in [-0.39, 0.29) is 23.8 Å². The average molecular weight is 389 g/mol. The van der Waals surface area contributed by atoms with Crippen molar-refractivity contribution < 1.29 is 9.59 Å². The Hall–Kier alpha value is -2.15. The second-order valence-corrected chi connectivity index (χ2v) is 8.18. The number of benzene rings is 1. The fraction of sp³-hybridized carbons (Fsp3) is 0.353. The number of rotatable bonds is 0. The number of carbonyl (C=O) groups excluding carboxylic acids is 2. The summed E-state index contributed by atoms with van der Waals surface area (Å²) in [6.07, 6.45) is 1.78. The summed E-state index contributed by atoms with van der Waals surface area (Å²) in [6.45, 7) is 6.02. The van der Waals surface area contributed by atoms with Crippen molar-refractivity contribution >= 4 is 39.2 Å². The quantitative estimate of drug-likeness (QED) is 0.728. The number of amides is 2. The molecule has 2 amide bonds. The lowest BCUT2D eigenvalue weighted by molar-refractivity contribution is -0.125. The van der Waals surface area contributed by atoms with E-state index in [1.165, 1.54) is 0 Å². The van der Waals surface area contributed by atoms with Gasteiger partial charge < -0.3 is 10.6 Å². The van der Waals surface area contributed by atoms with E-state index in [0.717, 1.165) is 21.3 Å². The van der Waals surface area contributed by atoms with Crippen molar-refractivity contribution in [3.05, 3.63) is 40.0 Å². The van der Waals surface area contributed by atoms with E-state index < -0.39 is 5.41 Å². The molecule has 6 nitrogen and oxygen atoms in total. The third-order valence-corrected chi connectivity index (χ3v) is 5.12. The maximum Gasteiger partial charge on any atom is 0.240 e. The number of nitrogens with one attached hydrogen (secondary N) is 2. The molecule has 0 saturated heterocycles. The van der Waals surface area contributed by atoms with Crippen LogP contribution < -0.4 is 10.6 Å². The van der Waals surface area contributed by atoms with Crippen LogP contribution in [0, 0.1) is 0 Å². The number of carbonyl (C=O) groups is 2. The van der Waals surface area contributed by atoms with Gasteiger partial charge in [-0.3, -0.25) is 9.59 Å². The fourth-order valence-electron chi connectivity index (χ4n) is 3.57. The summed E-state index contributed by atoms with van der Waals surface area (Å²) in [6, 6.07) is 5.64. The van der Waals surface area contributed by atoms with Crippen LogP contribution >= 0.6 is 15.9 Å². The first-order valence-electron chi connectivity index (χ1n) is 7.74. The lowest BCUT2D eigenvalue weighted by Crippen LogP contribution is -2.44. The smallest absolute Gasteiger partial charge is 0.240 e. The fourth-order valence-corrected chi connectivity index (χ4v) is 3.94. The second kappa shape index (κ2) is 4.69. The maximum absolute atomic E-state index is 12.9. The summed E-state index contributed by atoms with van der Waals surface area (Å²) in [7, 11) is 0. The molecule has 2 aromatic rings. The normalized spacial score (nSPS) is 22.2. The first kappa shape index (κ1) is 15.4. The van der Waals surface area contributed by atoms with Crippen LogP contribution in [0.15, 0.2) is 28.9 Å². The molecule has 0 bridgehead atoms. The molecule has 0 saturated carbocycles. The number of fused-ring (bicyclic) bond motifs is 4. The van der Waals surface area contributed by atoms with E-state index in [2.05, 4.69) is 31.7 Å². The zero-order valence-corrected chi connectivity index (χ0v) is 15.2. The van der Waals surface area contributed by atoms with Crippen LogP contribution in [0.2, 0.25) is 0 Å². The topological polar surface area (TPSA) is 76.0 Å². The van der Waals surface area contributed by atoms with Crippen molar-refractivity contribution in [2.24, 2.45) is 0 Å². The van der Waals surface area contributed by atoms with Gasteiger partial charge in [-0.1, -0.05) is 15.9 Å². The van der Waals surface area contributed by atoms with Crippen LogP contribution in [-0.2, 0) is 20.5 Å². The van der Waals surface area contributed by atoms with Gasteiger partial charge in [-0.2, -0.15) is 5.10 Å². The summed E-state index contributed by atoms with van der Waals surface area (Å²) < 4.78 is 2.64. The summed E-state index contributed by atoms with van der Waals surface area (Å²) in [5.41, 5.74) is 0.958. The molecule has 1 aromatic carbocycles. The molecule has 1 atom stereocenters. The van der Waals surface area contributed by atoms with E-state index in [1.54, 1.807) is 10.9 Å². The van der Waals surface area contributed by atoms with Crippen molar-refractivity contribution in [3.63, 3.8) is 0 Å². The highest BCUT2D eigenvalue weighted by Gasteiger charge is 2.54. The zero-order chi connectivity index (χ0) is 17.3. The molecule has 1 spiro atoms. The van der Waals surface area contributed by atoms with Crippen molar-refractivity contribution in [3.8, 4) is 0 Å². The Labute approximate surface area is 147 Å². The standard InChI is InChI=1S/C17H17BrN4O2/c1-16(2,3)22-14-11(8-19-22)17(7-13(23)21-14)10-6-9(18)4-5-12(10)20-15(17)24/h4-6,8H,7H2,1-3H3,(H,20,24)(H,21,23)/t17-/m1/s1. The minimum absolute atomic E-state index is 0.0745. The van der Waals surface area contributed by atoms with E-state index in [9.17, 15) is 9.59 Å². The second-order valence-electron chi connectivity index (χ2n) is 7.26. The molecule has 7 heteroatoms. The minimum Gasteiger partial charge on any atom is -0.325 e. The molecule has 1 aromatic heterocycles. The molecule has 3 heterocycles. The Morgan fingerprint density at radius 3 is 2.67 bits per heavy atom. The minimum atomic E-state index is -1.03. The summed E-state index contributed by atoms with van der Waals surface area (Å²) in [5, 5.41) is 10.3. The van der Waals surface area contributed by atoms with Crippen molar-refractivity contribution in [1.29, 1.82) is 0 Å². The summed E-state index contributed by atoms with van der Waals surface area (Å²) >= 11 is 3.47. The third kappa shape index (κ3) is 1.90. The van der Waals surface area contributed by atoms with Gasteiger partial charge in [0.15, 0.2) is 0 Å². The highest BCUT2D eigenvalue weighted by Crippen LogP contribution is 2.50. The van der Waals surface area contributed by atoms with Crippen LogP contribution in [0.4, 0.5) is 11.5 Å². The molecule has 0 radical (unpaired) electrons. The van der Waals surface area contributed by atoms with Gasteiger partial charge in [-0.25, -0.2) is 4.68 Å². The number of nitrogens with zero attached hydrogens (tertiary/aromatic N) is 2. The molecule has 2 aliphatic rings. The molecule has 2 N–H and O–H groups in total. The zero-order valence-electron chi connectivity index (χ0n) is 13.6. The lowest BCUT2D eigenvalue weighted by atomic mass is 9.72. The summed E-state index contributed by atoms with van der Waals surface area (Å²) in [5.74, 6) is 0.235. The van der Waals surface area contributed by atoms with Gasteiger partial charge in [0.2, 0.25) is 11.8 Å². The predicted molar refractivity (Wildman–Crippen MR) is 94.0 cm³/mol. The number of hydrogen-bond acceptors (Lipinski definition) is 3. The van der Waals surface area contributed by atoms with Crippen molar-refractivity contribution in [2.75, 3.05) is 10.6 Å². The Kier molecular flexibility index (Phi) is 3.01. The van der Waals surface area contributed by atoms with Gasteiger partial charge in [-0.15, -0.1) is 0 Å². The Morgan fingerprint density at radius 1 is 1.21 bits per heavy atom. The van der Waals surface area contributed by atoms with Crippen LogP contribution in [0.3, 0.4) is 0 Å². The van der Waals surface area contributed by atoms with E-state index in [1.807, 2.05) is 39.0 Å². The largest absolute Gasteiger partial charge is 0.325 e. The highest BCUT2D eigenvalue weighted by atomic mass is 79.9. The third-order valence-electron chi connectivity index (χ3n) is 4.63. The van der Waals surface area contributed by atoms with Gasteiger partial charge in [0.1, 0.15) is 11.2 Å². The Morgan fingerprint density at radius 2 is 1.96 bits per heavy atom. The van der Waals surface area contributed by atoms with Crippen molar-refractivity contribution in [2.45, 2.75) is 38.1 Å². The van der Waals surface area contributed by atoms with E-state index >= 15 is 0 Å². The van der Waals surface area contributed by atoms with E-state index in [4.69, 9.17) is 0 Å². The molecule has 2 aliphatic heterocycles. The summed E-state index contributed by atoms with van der Waals surface area (Å²) in [4.78, 5) is 25.4. The Balaban J connectivity index is 2.03. The van der Waals surface area contributed by atoms with Crippen LogP contribution in [0.5, 0.6) is 0 Å². The molecule has 124 valence electrons. The first-order valence-corrected chi connectivity index (χ1v) is 8.53. The van der Waals surface area contributed by atoms with Crippen LogP contribution in [-0.4, -0.2) is 21.6 Å². The number of aromatic nitrogens is 2. The molecule has 4 rings (SSSR count). The highest BCUT2D eigenvalue weighted by molar-refractivity contribution is 9.10. The van der Waals surface area contributed by atoms with Gasteiger partial charge in [-0.05, 0) is 44.5 Å². The molecular formula is C17H17BrN4O2. The van der Waals surface area contributed by atoms with Gasteiger partial charge in [0, 0.05) is 22.1 Å². The SMILES string of the molecule is CC(C)(C)n1ncc2c1NC(=O)C[C@]21C(=O)Nc2ccc(Br)cc21.